The normalized spacial score (nSPS) is 30.8. The van der Waals surface area contributed by atoms with Crippen molar-refractivity contribution in [3.05, 3.63) is 22.5 Å². The molecule has 7 N–H and O–H groups in total. The molecule has 0 aromatic rings. The maximum Gasteiger partial charge on any atom is 0.404 e. The summed E-state index contributed by atoms with van der Waals surface area (Å²) in [5, 5.41) is 15.7. The first-order valence-corrected chi connectivity index (χ1v) is 10.9. The molecule has 1 aliphatic carbocycles. The van der Waals surface area contributed by atoms with Gasteiger partial charge < -0.3 is 41.6 Å². The van der Waals surface area contributed by atoms with E-state index in [0.29, 0.717) is 25.9 Å². The van der Waals surface area contributed by atoms with Crippen LogP contribution in [0, 0.1) is 5.92 Å². The zero-order valence-corrected chi connectivity index (χ0v) is 18.6. The van der Waals surface area contributed by atoms with Gasteiger partial charge in [0.1, 0.15) is 12.6 Å². The lowest BCUT2D eigenvalue weighted by Crippen LogP contribution is -2.55. The number of unbranched alkanes of at least 4 members (excludes halogenated alkanes) is 1. The first-order chi connectivity index (χ1) is 15.7. The Morgan fingerprint density at radius 1 is 1.33 bits per heavy atom. The van der Waals surface area contributed by atoms with Crippen LogP contribution in [0.5, 0.6) is 0 Å². The molecular weight excluding hydrogens is 434 g/mol. The number of amides is 1. The molecule has 4 aliphatic rings. The highest BCUT2D eigenvalue weighted by atomic mass is 16.6. The van der Waals surface area contributed by atoms with E-state index in [1.54, 1.807) is 4.90 Å². The van der Waals surface area contributed by atoms with E-state index in [1.807, 2.05) is 0 Å². The van der Waals surface area contributed by atoms with Crippen LogP contribution in [0.4, 0.5) is 4.79 Å². The molecule has 5 atom stereocenters. The van der Waals surface area contributed by atoms with Crippen LogP contribution in [0.15, 0.2) is 22.5 Å². The molecule has 33 heavy (non-hydrogen) atoms. The van der Waals surface area contributed by atoms with Crippen molar-refractivity contribution in [2.45, 2.75) is 50.0 Å². The van der Waals surface area contributed by atoms with Gasteiger partial charge in [0.2, 0.25) is 11.6 Å². The number of carbonyl (C=O) groups is 4. The first-order valence-electron chi connectivity index (χ1n) is 10.9. The average molecular weight is 463 g/mol. The number of nitrogens with two attached hydrogens (primary N) is 2. The average Bonchev–Trinajstić information content (AvgIpc) is 3.38. The number of allylic oxidation sites excluding steroid dienone is 2. The van der Waals surface area contributed by atoms with Crippen LogP contribution in [-0.2, 0) is 23.9 Å². The molecule has 0 aromatic heterocycles. The summed E-state index contributed by atoms with van der Waals surface area (Å²) in [5.41, 5.74) is 10.0. The number of methoxy groups -OCH3 is 1. The number of hydrogen-bond donors (Lipinski definition) is 5. The maximum absolute atomic E-state index is 13.7. The van der Waals surface area contributed by atoms with Crippen LogP contribution >= 0.6 is 0 Å². The third-order valence-electron chi connectivity index (χ3n) is 6.99. The molecule has 12 heteroatoms. The largest absolute Gasteiger partial charge is 0.480 e. The Hall–Kier alpha value is -2.96. The molecule has 0 unspecified atom stereocenters. The molecule has 0 radical (unpaired) electrons. The molecule has 180 valence electrons. The minimum Gasteiger partial charge on any atom is -0.480 e. The molecule has 0 bridgehead atoms. The summed E-state index contributed by atoms with van der Waals surface area (Å²) in [5.74, 6) is -2.81. The van der Waals surface area contributed by atoms with Gasteiger partial charge in [0, 0.05) is 30.8 Å². The van der Waals surface area contributed by atoms with Crippen molar-refractivity contribution in [1.29, 1.82) is 0 Å². The van der Waals surface area contributed by atoms with Crippen LogP contribution in [0.1, 0.15) is 26.2 Å². The third-order valence-corrected chi connectivity index (χ3v) is 6.99. The molecule has 12 nitrogen and oxygen atoms in total. The topological polar surface area (TPSA) is 196 Å². The molecule has 0 spiro atoms. The Kier molecular flexibility index (Phi) is 5.93. The van der Waals surface area contributed by atoms with E-state index in [-0.39, 0.29) is 53.4 Å². The number of carbonyl (C=O) groups excluding carboxylic acids is 3. The Bertz CT molecular complexity index is 976. The monoisotopic (exact) mass is 463 g/mol. The van der Waals surface area contributed by atoms with Gasteiger partial charge in [-0.1, -0.05) is 0 Å². The Morgan fingerprint density at radius 3 is 2.67 bits per heavy atom. The molecule has 2 fully saturated rings. The van der Waals surface area contributed by atoms with Gasteiger partial charge in [-0.15, -0.1) is 0 Å². The van der Waals surface area contributed by atoms with E-state index in [1.165, 1.54) is 14.0 Å². The predicted octanol–water partition coefficient (Wildman–Crippen LogP) is -1.44. The number of fused-ring (bicyclic) bond motifs is 4. The number of aliphatic carboxylic acids is 1. The fourth-order valence-corrected chi connectivity index (χ4v) is 5.39. The van der Waals surface area contributed by atoms with Crippen molar-refractivity contribution >= 4 is 23.6 Å². The highest BCUT2D eigenvalue weighted by Gasteiger charge is 2.72. The standard InChI is InChI=1S/C21H29N5O7/c1-9-14(24-11(19(29)30)5-3-4-6-22)17(28)13-10(8-33-20(23)31)21(32-2)18-12(25-18)7-26(21)15(13)16(9)27/h10-12,18,24-25H,3-8,22H2,1-2H3,(H2,23,31)(H,29,30)/t10-,11+,12+,18+,21-/m1/s1. The lowest BCUT2D eigenvalue weighted by atomic mass is 9.82. The smallest absolute Gasteiger partial charge is 0.404 e. The van der Waals surface area contributed by atoms with Crippen molar-refractivity contribution in [2.24, 2.45) is 17.4 Å². The number of primary amides is 1. The minimum absolute atomic E-state index is 0.0595. The van der Waals surface area contributed by atoms with Gasteiger partial charge >= 0.3 is 12.1 Å². The van der Waals surface area contributed by atoms with Crippen LogP contribution in [-0.4, -0.2) is 84.3 Å². The fourth-order valence-electron chi connectivity index (χ4n) is 5.39. The maximum atomic E-state index is 13.7. The van der Waals surface area contributed by atoms with Crippen molar-refractivity contribution in [1.82, 2.24) is 15.5 Å². The Balaban J connectivity index is 1.69. The fraction of sp³-hybridized carbons (Fsp3) is 0.619. The number of nitrogens with zero attached hydrogens (tertiary/aromatic N) is 1. The highest BCUT2D eigenvalue weighted by Crippen LogP contribution is 2.55. The molecule has 0 aromatic carbocycles. The van der Waals surface area contributed by atoms with Crippen molar-refractivity contribution in [3.63, 3.8) is 0 Å². The summed E-state index contributed by atoms with van der Waals surface area (Å²) in [4.78, 5) is 52.1. The molecule has 0 saturated carbocycles. The molecule has 3 aliphatic heterocycles. The number of Topliss-reactive ketones (excluding diaryl/α,β-unsaturated/α-hetero) is 2. The molecule has 3 heterocycles. The number of ether oxygens (including phenoxy) is 2. The van der Waals surface area contributed by atoms with Gasteiger partial charge in [-0.25, -0.2) is 9.59 Å². The zero-order chi connectivity index (χ0) is 24.1. The van der Waals surface area contributed by atoms with Crippen LogP contribution in [0.3, 0.4) is 0 Å². The molecule has 4 rings (SSSR count). The first kappa shape index (κ1) is 23.2. The van der Waals surface area contributed by atoms with Crippen molar-refractivity contribution in [3.8, 4) is 0 Å². The Morgan fingerprint density at radius 2 is 2.06 bits per heavy atom. The SMILES string of the molecule is CO[C@@]12[C@H](COC(N)=O)C3=C(C(=O)C(C)=C(N[C@@H](CCCCN)C(=O)O)C3=O)N1C[C@@H]1N[C@@H]12. The number of hydrogen-bond acceptors (Lipinski definition) is 10. The number of carboxylic acids is 1. The quantitative estimate of drug-likeness (QED) is 0.145. The van der Waals surface area contributed by atoms with Crippen LogP contribution in [0.25, 0.3) is 0 Å². The van der Waals surface area contributed by atoms with Crippen molar-refractivity contribution < 1.29 is 33.8 Å². The second-order valence-corrected chi connectivity index (χ2v) is 8.74. The van der Waals surface area contributed by atoms with Crippen molar-refractivity contribution in [2.75, 3.05) is 26.8 Å². The van der Waals surface area contributed by atoms with E-state index < -0.39 is 35.5 Å². The summed E-state index contributed by atoms with van der Waals surface area (Å²) >= 11 is 0. The van der Waals surface area contributed by atoms with Gasteiger partial charge in [0.15, 0.2) is 5.72 Å². The van der Waals surface area contributed by atoms with E-state index in [2.05, 4.69) is 10.6 Å². The second kappa shape index (κ2) is 8.43. The van der Waals surface area contributed by atoms with Gasteiger partial charge in [0.25, 0.3) is 0 Å². The predicted molar refractivity (Wildman–Crippen MR) is 113 cm³/mol. The molecular formula is C21H29N5O7. The van der Waals surface area contributed by atoms with Gasteiger partial charge in [-0.2, -0.15) is 0 Å². The van der Waals surface area contributed by atoms with E-state index in [4.69, 9.17) is 20.9 Å². The molecule has 1 amide bonds. The van der Waals surface area contributed by atoms with Gasteiger partial charge in [0.05, 0.1) is 23.4 Å². The summed E-state index contributed by atoms with van der Waals surface area (Å²) < 4.78 is 11.0. The van der Waals surface area contributed by atoms with Crippen LogP contribution in [0.2, 0.25) is 0 Å². The number of nitrogens with one attached hydrogen (secondary N) is 2. The third kappa shape index (κ3) is 3.49. The molecule has 2 saturated heterocycles. The van der Waals surface area contributed by atoms with E-state index in [9.17, 15) is 24.3 Å². The second-order valence-electron chi connectivity index (χ2n) is 8.74. The zero-order valence-electron chi connectivity index (χ0n) is 18.6. The number of carboxylic acid groups (broad SMARTS) is 1. The lowest BCUT2D eigenvalue weighted by Gasteiger charge is -2.39. The van der Waals surface area contributed by atoms with E-state index in [0.717, 1.165) is 0 Å². The summed E-state index contributed by atoms with van der Waals surface area (Å²) in [6, 6.07) is -1.14. The summed E-state index contributed by atoms with van der Waals surface area (Å²) in [7, 11) is 1.48. The number of piperazine rings is 1. The highest BCUT2D eigenvalue weighted by molar-refractivity contribution is 6.25. The van der Waals surface area contributed by atoms with Gasteiger partial charge in [-0.05, 0) is 32.7 Å². The summed E-state index contributed by atoms with van der Waals surface area (Å²) in [6.45, 7) is 2.13. The minimum atomic E-state index is -1.13. The number of ketones is 2. The lowest BCUT2D eigenvalue weighted by molar-refractivity contribution is -0.139. The van der Waals surface area contributed by atoms with Gasteiger partial charge in [-0.3, -0.25) is 9.59 Å². The Labute approximate surface area is 190 Å². The number of rotatable bonds is 10. The van der Waals surface area contributed by atoms with E-state index >= 15 is 0 Å². The van der Waals surface area contributed by atoms with Crippen LogP contribution < -0.4 is 22.1 Å². The summed E-state index contributed by atoms with van der Waals surface area (Å²) in [6.07, 6.45) is 0.421.